The van der Waals surface area contributed by atoms with Crippen molar-refractivity contribution in [2.45, 2.75) is 12.5 Å². The average molecular weight is 245 g/mol. The van der Waals surface area contributed by atoms with E-state index in [1.54, 1.807) is 29.7 Å². The van der Waals surface area contributed by atoms with Gasteiger partial charge in [-0.25, -0.2) is 4.98 Å². The first-order valence-corrected chi connectivity index (χ1v) is 6.20. The number of fused-ring (bicyclic) bond motifs is 1. The molecule has 1 aromatic carbocycles. The highest BCUT2D eigenvalue weighted by Gasteiger charge is 2.14. The second-order valence-corrected chi connectivity index (χ2v) is 4.93. The van der Waals surface area contributed by atoms with E-state index in [-0.39, 0.29) is 0 Å². The Morgan fingerprint density at radius 3 is 2.88 bits per heavy atom. The molecule has 0 saturated heterocycles. The Morgan fingerprint density at radius 1 is 1.24 bits per heavy atom. The van der Waals surface area contributed by atoms with E-state index in [4.69, 9.17) is 4.42 Å². The lowest BCUT2D eigenvalue weighted by atomic mass is 10.2. The Kier molecular flexibility index (Phi) is 2.66. The highest BCUT2D eigenvalue weighted by atomic mass is 32.1. The summed E-state index contributed by atoms with van der Waals surface area (Å²) in [5, 5.41) is 10.9. The molecule has 0 spiro atoms. The van der Waals surface area contributed by atoms with Crippen molar-refractivity contribution < 1.29 is 9.52 Å². The molecular weight excluding hydrogens is 234 g/mol. The Balaban J connectivity index is 1.85. The summed E-state index contributed by atoms with van der Waals surface area (Å²) in [5.74, 6) is 0.587. The van der Waals surface area contributed by atoms with Gasteiger partial charge < -0.3 is 9.52 Å². The molecule has 1 atom stereocenters. The summed E-state index contributed by atoms with van der Waals surface area (Å²) in [6.45, 7) is 0. The lowest BCUT2D eigenvalue weighted by molar-refractivity contribution is 0.150. The molecule has 3 aromatic rings. The van der Waals surface area contributed by atoms with Crippen LogP contribution in [0, 0.1) is 0 Å². The van der Waals surface area contributed by atoms with E-state index in [2.05, 4.69) is 4.98 Å². The Morgan fingerprint density at radius 2 is 2.12 bits per heavy atom. The second-order valence-electron chi connectivity index (χ2n) is 3.81. The van der Waals surface area contributed by atoms with E-state index >= 15 is 0 Å². The molecule has 86 valence electrons. The second kappa shape index (κ2) is 4.31. The first kappa shape index (κ1) is 10.5. The fraction of sp³-hybridized carbons (Fsp3) is 0.154. The molecule has 3 rings (SSSR count). The van der Waals surface area contributed by atoms with Gasteiger partial charge >= 0.3 is 0 Å². The molecule has 2 aromatic heterocycles. The van der Waals surface area contributed by atoms with E-state index in [1.807, 2.05) is 24.3 Å². The fourth-order valence-electron chi connectivity index (χ4n) is 1.75. The van der Waals surface area contributed by atoms with Gasteiger partial charge in [-0.2, -0.15) is 0 Å². The minimum atomic E-state index is -0.620. The summed E-state index contributed by atoms with van der Waals surface area (Å²) in [6.07, 6.45) is 1.44. The number of nitrogens with zero attached hydrogens (tertiary/aromatic N) is 1. The van der Waals surface area contributed by atoms with E-state index < -0.39 is 6.10 Å². The zero-order valence-corrected chi connectivity index (χ0v) is 9.85. The maximum atomic E-state index is 9.96. The topological polar surface area (TPSA) is 46.3 Å². The summed E-state index contributed by atoms with van der Waals surface area (Å²) in [5.41, 5.74) is 0.985. The molecule has 0 radical (unpaired) electrons. The Hall–Kier alpha value is -1.65. The molecule has 0 aliphatic carbocycles. The van der Waals surface area contributed by atoms with Crippen LogP contribution in [-0.4, -0.2) is 10.1 Å². The lowest BCUT2D eigenvalue weighted by Crippen LogP contribution is -1.99. The Labute approximate surface area is 102 Å². The van der Waals surface area contributed by atoms with Crippen molar-refractivity contribution in [2.24, 2.45) is 0 Å². The SMILES string of the molecule is O[C@H](Cc1nc2ccccc2s1)c1ccco1. The highest BCUT2D eigenvalue weighted by Crippen LogP contribution is 2.26. The standard InChI is InChI=1S/C13H11NO2S/c15-10(11-5-3-7-16-11)8-13-14-9-4-1-2-6-12(9)17-13/h1-7,10,15H,8H2/t10-/m1/s1. The summed E-state index contributed by atoms with van der Waals surface area (Å²) in [4.78, 5) is 4.48. The minimum absolute atomic E-state index is 0.493. The minimum Gasteiger partial charge on any atom is -0.467 e. The van der Waals surface area contributed by atoms with Gasteiger partial charge in [0.05, 0.1) is 21.5 Å². The molecule has 0 unspecified atom stereocenters. The van der Waals surface area contributed by atoms with Crippen molar-refractivity contribution in [2.75, 3.05) is 0 Å². The van der Waals surface area contributed by atoms with Gasteiger partial charge in [0, 0.05) is 6.42 Å². The number of aliphatic hydroxyl groups is 1. The van der Waals surface area contributed by atoms with Crippen LogP contribution in [0.3, 0.4) is 0 Å². The predicted molar refractivity (Wildman–Crippen MR) is 67.0 cm³/mol. The molecular formula is C13H11NO2S. The molecule has 0 amide bonds. The van der Waals surface area contributed by atoms with Gasteiger partial charge in [0.2, 0.25) is 0 Å². The lowest BCUT2D eigenvalue weighted by Gasteiger charge is -2.03. The molecule has 0 bridgehead atoms. The van der Waals surface area contributed by atoms with Crippen molar-refractivity contribution in [3.05, 3.63) is 53.4 Å². The molecule has 4 heteroatoms. The largest absolute Gasteiger partial charge is 0.467 e. The van der Waals surface area contributed by atoms with Gasteiger partial charge in [-0.3, -0.25) is 0 Å². The number of furan rings is 1. The Bertz CT molecular complexity index is 582. The van der Waals surface area contributed by atoms with Gasteiger partial charge in [-0.05, 0) is 24.3 Å². The van der Waals surface area contributed by atoms with Crippen LogP contribution in [0.5, 0.6) is 0 Å². The monoisotopic (exact) mass is 245 g/mol. The van der Waals surface area contributed by atoms with Crippen molar-refractivity contribution in [3.63, 3.8) is 0 Å². The number of thiazole rings is 1. The molecule has 1 N–H and O–H groups in total. The molecule has 0 aliphatic heterocycles. The molecule has 3 nitrogen and oxygen atoms in total. The smallest absolute Gasteiger partial charge is 0.132 e. The van der Waals surface area contributed by atoms with Crippen molar-refractivity contribution in [1.82, 2.24) is 4.98 Å². The van der Waals surface area contributed by atoms with Crippen LogP contribution in [0.25, 0.3) is 10.2 Å². The van der Waals surface area contributed by atoms with Crippen LogP contribution in [0.1, 0.15) is 16.9 Å². The first-order valence-electron chi connectivity index (χ1n) is 5.39. The molecule has 0 fully saturated rings. The summed E-state index contributed by atoms with van der Waals surface area (Å²) in [7, 11) is 0. The third-order valence-corrected chi connectivity index (χ3v) is 3.64. The quantitative estimate of drug-likeness (QED) is 0.771. The van der Waals surface area contributed by atoms with Crippen LogP contribution in [0.2, 0.25) is 0 Å². The van der Waals surface area contributed by atoms with E-state index in [0.29, 0.717) is 12.2 Å². The number of rotatable bonds is 3. The predicted octanol–water partition coefficient (Wildman–Crippen LogP) is 3.17. The summed E-state index contributed by atoms with van der Waals surface area (Å²) >= 11 is 1.61. The summed E-state index contributed by atoms with van der Waals surface area (Å²) in [6, 6.07) is 11.5. The van der Waals surface area contributed by atoms with Gasteiger partial charge in [-0.15, -0.1) is 11.3 Å². The molecule has 0 saturated carbocycles. The molecule has 17 heavy (non-hydrogen) atoms. The number of aliphatic hydroxyl groups excluding tert-OH is 1. The number of hydrogen-bond acceptors (Lipinski definition) is 4. The first-order chi connectivity index (χ1) is 8.33. The van der Waals surface area contributed by atoms with Crippen molar-refractivity contribution >= 4 is 21.6 Å². The van der Waals surface area contributed by atoms with Crippen molar-refractivity contribution in [3.8, 4) is 0 Å². The van der Waals surface area contributed by atoms with Crippen LogP contribution >= 0.6 is 11.3 Å². The third-order valence-electron chi connectivity index (χ3n) is 2.58. The maximum absolute atomic E-state index is 9.96. The normalized spacial score (nSPS) is 13.0. The van der Waals surface area contributed by atoms with E-state index in [1.165, 1.54) is 0 Å². The van der Waals surface area contributed by atoms with E-state index in [9.17, 15) is 5.11 Å². The zero-order valence-electron chi connectivity index (χ0n) is 9.04. The van der Waals surface area contributed by atoms with Crippen LogP contribution < -0.4 is 0 Å². The average Bonchev–Trinajstić information content (AvgIpc) is 2.97. The van der Waals surface area contributed by atoms with Gasteiger partial charge in [0.1, 0.15) is 11.9 Å². The van der Waals surface area contributed by atoms with Gasteiger partial charge in [0.25, 0.3) is 0 Å². The van der Waals surface area contributed by atoms with Gasteiger partial charge in [-0.1, -0.05) is 12.1 Å². The van der Waals surface area contributed by atoms with Gasteiger partial charge in [0.15, 0.2) is 0 Å². The van der Waals surface area contributed by atoms with Crippen LogP contribution in [-0.2, 0) is 6.42 Å². The number of para-hydroxylation sites is 1. The van der Waals surface area contributed by atoms with E-state index in [0.717, 1.165) is 15.2 Å². The fourth-order valence-corrected chi connectivity index (χ4v) is 2.76. The number of aromatic nitrogens is 1. The van der Waals surface area contributed by atoms with Crippen LogP contribution in [0.15, 0.2) is 47.1 Å². The molecule has 2 heterocycles. The summed E-state index contributed by atoms with van der Waals surface area (Å²) < 4.78 is 6.32. The molecule has 0 aliphatic rings. The third kappa shape index (κ3) is 2.09. The highest BCUT2D eigenvalue weighted by molar-refractivity contribution is 7.18. The number of hydrogen-bond donors (Lipinski definition) is 1. The zero-order chi connectivity index (χ0) is 11.7. The number of benzene rings is 1. The van der Waals surface area contributed by atoms with Crippen molar-refractivity contribution in [1.29, 1.82) is 0 Å². The maximum Gasteiger partial charge on any atom is 0.132 e. The van der Waals surface area contributed by atoms with Crippen LogP contribution in [0.4, 0.5) is 0 Å².